The Hall–Kier alpha value is -1.73. The lowest BCUT2D eigenvalue weighted by atomic mass is 10.2. The van der Waals surface area contributed by atoms with Gasteiger partial charge in [-0.05, 0) is 35.9 Å². The van der Waals surface area contributed by atoms with Crippen molar-refractivity contribution in [2.75, 3.05) is 11.9 Å². The highest BCUT2D eigenvalue weighted by atomic mass is 35.5. The standard InChI is InChI=1S/C10H9ClN4O2S/c1-6-4-7(2-3-8(6)11)17-5-9(16)12-10-13-14-15-18-10/h2-4H,5H2,1H3,(H,12,13,15,16). The van der Waals surface area contributed by atoms with Gasteiger partial charge >= 0.3 is 0 Å². The van der Waals surface area contributed by atoms with Crippen molar-refractivity contribution < 1.29 is 9.53 Å². The Morgan fingerprint density at radius 3 is 3.06 bits per heavy atom. The zero-order valence-electron chi connectivity index (χ0n) is 9.38. The first-order valence-electron chi connectivity index (χ1n) is 4.99. The van der Waals surface area contributed by atoms with Crippen molar-refractivity contribution >= 4 is 34.2 Å². The molecule has 94 valence electrons. The minimum absolute atomic E-state index is 0.110. The highest BCUT2D eigenvalue weighted by Gasteiger charge is 2.07. The van der Waals surface area contributed by atoms with Gasteiger partial charge in [0, 0.05) is 16.6 Å². The van der Waals surface area contributed by atoms with Crippen LogP contribution in [0.5, 0.6) is 5.75 Å². The first-order valence-corrected chi connectivity index (χ1v) is 6.14. The van der Waals surface area contributed by atoms with Crippen molar-refractivity contribution in [1.29, 1.82) is 0 Å². The van der Waals surface area contributed by atoms with Crippen molar-refractivity contribution in [1.82, 2.24) is 14.8 Å². The van der Waals surface area contributed by atoms with E-state index in [2.05, 4.69) is 20.1 Å². The number of halogens is 1. The summed E-state index contributed by atoms with van der Waals surface area (Å²) in [6.07, 6.45) is 0. The van der Waals surface area contributed by atoms with E-state index in [1.807, 2.05) is 6.92 Å². The molecule has 0 spiro atoms. The molecular formula is C10H9ClN4O2S. The number of amides is 1. The molecule has 18 heavy (non-hydrogen) atoms. The Morgan fingerprint density at radius 1 is 1.56 bits per heavy atom. The number of nitrogens with zero attached hydrogens (tertiary/aromatic N) is 3. The van der Waals surface area contributed by atoms with Crippen LogP contribution in [-0.2, 0) is 4.79 Å². The van der Waals surface area contributed by atoms with Crippen LogP contribution < -0.4 is 10.1 Å². The fourth-order valence-corrected chi connectivity index (χ4v) is 1.69. The molecule has 2 rings (SSSR count). The maximum absolute atomic E-state index is 11.5. The van der Waals surface area contributed by atoms with Gasteiger partial charge in [-0.1, -0.05) is 21.2 Å². The minimum Gasteiger partial charge on any atom is -0.484 e. The van der Waals surface area contributed by atoms with Gasteiger partial charge < -0.3 is 4.74 Å². The molecule has 0 aliphatic carbocycles. The summed E-state index contributed by atoms with van der Waals surface area (Å²) < 4.78 is 8.84. The van der Waals surface area contributed by atoms with Crippen molar-refractivity contribution in [2.45, 2.75) is 6.92 Å². The van der Waals surface area contributed by atoms with E-state index < -0.39 is 0 Å². The number of hydrogen-bond donors (Lipinski definition) is 1. The van der Waals surface area contributed by atoms with Crippen LogP contribution in [0, 0.1) is 6.92 Å². The Morgan fingerprint density at radius 2 is 2.39 bits per heavy atom. The molecule has 0 radical (unpaired) electrons. The van der Waals surface area contributed by atoms with Crippen LogP contribution in [0.1, 0.15) is 5.56 Å². The summed E-state index contributed by atoms with van der Waals surface area (Å²) >= 11 is 6.88. The average molecular weight is 285 g/mol. The van der Waals surface area contributed by atoms with Gasteiger partial charge in [0.2, 0.25) is 5.13 Å². The van der Waals surface area contributed by atoms with Crippen LogP contribution in [-0.4, -0.2) is 27.3 Å². The highest BCUT2D eigenvalue weighted by Crippen LogP contribution is 2.20. The van der Waals surface area contributed by atoms with Crippen LogP contribution in [0.15, 0.2) is 18.2 Å². The Bertz CT molecular complexity index is 547. The zero-order valence-corrected chi connectivity index (χ0v) is 11.0. The van der Waals surface area contributed by atoms with E-state index in [-0.39, 0.29) is 12.5 Å². The number of aryl methyl sites for hydroxylation is 1. The number of hydrogen-bond acceptors (Lipinski definition) is 6. The van der Waals surface area contributed by atoms with E-state index in [0.29, 0.717) is 15.9 Å². The molecule has 0 saturated heterocycles. The Kier molecular flexibility index (Phi) is 4.06. The van der Waals surface area contributed by atoms with E-state index in [1.165, 1.54) is 0 Å². The summed E-state index contributed by atoms with van der Waals surface area (Å²) in [5.41, 5.74) is 0.892. The smallest absolute Gasteiger partial charge is 0.264 e. The third-order valence-electron chi connectivity index (χ3n) is 2.05. The van der Waals surface area contributed by atoms with Crippen molar-refractivity contribution in [3.63, 3.8) is 0 Å². The number of anilines is 1. The fraction of sp³-hybridized carbons (Fsp3) is 0.200. The summed E-state index contributed by atoms with van der Waals surface area (Å²) in [5.74, 6) is 0.267. The molecule has 0 unspecified atom stereocenters. The second-order valence-corrected chi connectivity index (χ2v) is 4.56. The Balaban J connectivity index is 1.87. The average Bonchev–Trinajstić information content (AvgIpc) is 2.83. The summed E-state index contributed by atoms with van der Waals surface area (Å²) in [4.78, 5) is 11.5. The van der Waals surface area contributed by atoms with Gasteiger partial charge in [0.1, 0.15) is 5.75 Å². The van der Waals surface area contributed by atoms with Gasteiger partial charge in [-0.25, -0.2) is 0 Å². The zero-order chi connectivity index (χ0) is 13.0. The van der Waals surface area contributed by atoms with Gasteiger partial charge in [0.05, 0.1) is 0 Å². The molecular weight excluding hydrogens is 276 g/mol. The minimum atomic E-state index is -0.318. The maximum Gasteiger partial charge on any atom is 0.264 e. The van der Waals surface area contributed by atoms with Gasteiger partial charge in [0.25, 0.3) is 5.91 Å². The molecule has 0 atom stereocenters. The van der Waals surface area contributed by atoms with Crippen molar-refractivity contribution in [3.05, 3.63) is 28.8 Å². The van der Waals surface area contributed by atoms with Crippen molar-refractivity contribution in [3.8, 4) is 5.75 Å². The summed E-state index contributed by atoms with van der Waals surface area (Å²) in [6, 6.07) is 5.19. The lowest BCUT2D eigenvalue weighted by Crippen LogP contribution is -2.20. The molecule has 1 heterocycles. The molecule has 0 bridgehead atoms. The second-order valence-electron chi connectivity index (χ2n) is 3.42. The summed E-state index contributed by atoms with van der Waals surface area (Å²) in [7, 11) is 0. The first kappa shape index (κ1) is 12.7. The number of benzene rings is 1. The monoisotopic (exact) mass is 284 g/mol. The third-order valence-corrected chi connectivity index (χ3v) is 2.98. The molecule has 0 saturated carbocycles. The predicted octanol–water partition coefficient (Wildman–Crippen LogP) is 1.91. The lowest BCUT2D eigenvalue weighted by Gasteiger charge is -2.06. The Labute approximate surface area is 112 Å². The number of aromatic nitrogens is 3. The molecule has 8 heteroatoms. The third kappa shape index (κ3) is 3.38. The van der Waals surface area contributed by atoms with E-state index in [9.17, 15) is 4.79 Å². The topological polar surface area (TPSA) is 77.0 Å². The van der Waals surface area contributed by atoms with E-state index in [4.69, 9.17) is 16.3 Å². The first-order chi connectivity index (χ1) is 8.65. The number of rotatable bonds is 4. The summed E-state index contributed by atoms with van der Waals surface area (Å²) in [6.45, 7) is 1.75. The summed E-state index contributed by atoms with van der Waals surface area (Å²) in [5, 5.41) is 10.5. The van der Waals surface area contributed by atoms with E-state index >= 15 is 0 Å². The molecule has 2 aromatic rings. The maximum atomic E-state index is 11.5. The quantitative estimate of drug-likeness (QED) is 0.928. The molecule has 0 fully saturated rings. The molecule has 0 aliphatic heterocycles. The highest BCUT2D eigenvalue weighted by molar-refractivity contribution is 7.09. The molecule has 1 aromatic heterocycles. The number of carbonyl (C=O) groups excluding carboxylic acids is 1. The molecule has 0 aliphatic rings. The number of nitrogens with one attached hydrogen (secondary N) is 1. The largest absolute Gasteiger partial charge is 0.484 e. The van der Waals surface area contributed by atoms with Crippen LogP contribution in [0.3, 0.4) is 0 Å². The molecule has 6 nitrogen and oxygen atoms in total. The van der Waals surface area contributed by atoms with Gasteiger partial charge in [-0.15, -0.1) is 0 Å². The van der Waals surface area contributed by atoms with Gasteiger partial charge in [-0.3, -0.25) is 10.1 Å². The van der Waals surface area contributed by atoms with Gasteiger partial charge in [-0.2, -0.15) is 0 Å². The van der Waals surface area contributed by atoms with Crippen LogP contribution >= 0.6 is 23.1 Å². The van der Waals surface area contributed by atoms with Crippen molar-refractivity contribution in [2.24, 2.45) is 0 Å². The van der Waals surface area contributed by atoms with E-state index in [0.717, 1.165) is 17.1 Å². The predicted molar refractivity (Wildman–Crippen MR) is 68.0 cm³/mol. The molecule has 1 amide bonds. The van der Waals surface area contributed by atoms with Crippen LogP contribution in [0.4, 0.5) is 5.13 Å². The van der Waals surface area contributed by atoms with E-state index in [1.54, 1.807) is 18.2 Å². The van der Waals surface area contributed by atoms with Crippen LogP contribution in [0.2, 0.25) is 5.02 Å². The van der Waals surface area contributed by atoms with Gasteiger partial charge in [0.15, 0.2) is 6.61 Å². The number of carbonyl (C=O) groups is 1. The molecule has 1 aromatic carbocycles. The molecule has 1 N–H and O–H groups in total. The lowest BCUT2D eigenvalue weighted by molar-refractivity contribution is -0.118. The van der Waals surface area contributed by atoms with Crippen LogP contribution in [0.25, 0.3) is 0 Å². The normalized spacial score (nSPS) is 10.1. The SMILES string of the molecule is Cc1cc(OCC(=O)Nc2nnns2)ccc1Cl. The number of ether oxygens (including phenoxy) is 1. The fourth-order valence-electron chi connectivity index (χ4n) is 1.19. The second kappa shape index (κ2) is 5.74.